The second-order valence-electron chi connectivity index (χ2n) is 9.59. The Kier molecular flexibility index (Phi) is 6.42. The smallest absolute Gasteiger partial charge is 0.227 e. The topological polar surface area (TPSA) is 83.4 Å². The zero-order valence-corrected chi connectivity index (χ0v) is 20.3. The van der Waals surface area contributed by atoms with Gasteiger partial charge in [0.1, 0.15) is 11.9 Å². The predicted octanol–water partition coefficient (Wildman–Crippen LogP) is 4.60. The molecule has 1 aliphatic carbocycles. The number of piperidine rings is 1. The van der Waals surface area contributed by atoms with Crippen molar-refractivity contribution < 1.29 is 9.84 Å². The zero-order valence-electron chi connectivity index (χ0n) is 19.6. The van der Waals surface area contributed by atoms with Gasteiger partial charge in [-0.15, -0.1) is 0 Å². The fourth-order valence-corrected chi connectivity index (χ4v) is 4.91. The van der Waals surface area contributed by atoms with E-state index < -0.39 is 0 Å². The Morgan fingerprint density at radius 1 is 1.21 bits per heavy atom. The number of nitrogens with zero attached hydrogens (tertiary/aromatic N) is 4. The van der Waals surface area contributed by atoms with E-state index in [0.29, 0.717) is 11.0 Å². The molecule has 1 fully saturated rings. The molecule has 5 rings (SSSR count). The van der Waals surface area contributed by atoms with Gasteiger partial charge in [0.05, 0.1) is 18.0 Å². The van der Waals surface area contributed by atoms with Crippen LogP contribution < -0.4 is 10.1 Å². The molecule has 1 aliphatic heterocycles. The van der Waals surface area contributed by atoms with Gasteiger partial charge in [-0.25, -0.2) is 9.97 Å². The molecule has 3 heterocycles. The molecule has 0 amide bonds. The molecule has 7 nitrogen and oxygen atoms in total. The molecule has 1 atom stereocenters. The number of hydrogen-bond donors (Lipinski definition) is 2. The van der Waals surface area contributed by atoms with Gasteiger partial charge in [-0.3, -0.25) is 4.98 Å². The van der Waals surface area contributed by atoms with Crippen LogP contribution in [0.25, 0.3) is 11.3 Å². The average molecular weight is 480 g/mol. The van der Waals surface area contributed by atoms with Crippen molar-refractivity contribution in [2.45, 2.75) is 44.1 Å². The summed E-state index contributed by atoms with van der Waals surface area (Å²) in [4.78, 5) is 16.1. The van der Waals surface area contributed by atoms with Crippen LogP contribution >= 0.6 is 11.6 Å². The number of aryl methyl sites for hydroxylation is 1. The Hall–Kier alpha value is -2.74. The largest absolute Gasteiger partial charge is 0.488 e. The number of hydrogen-bond acceptors (Lipinski definition) is 7. The summed E-state index contributed by atoms with van der Waals surface area (Å²) >= 11 is 6.29. The second kappa shape index (κ2) is 9.49. The van der Waals surface area contributed by atoms with Crippen LogP contribution in [-0.2, 0) is 11.8 Å². The number of aliphatic hydroxyl groups excluding tert-OH is 1. The summed E-state index contributed by atoms with van der Waals surface area (Å²) in [6.07, 6.45) is 7.51. The third kappa shape index (κ3) is 4.73. The molecule has 0 spiro atoms. The van der Waals surface area contributed by atoms with Crippen LogP contribution in [-0.4, -0.2) is 57.8 Å². The van der Waals surface area contributed by atoms with Crippen molar-refractivity contribution in [2.75, 3.05) is 32.1 Å². The lowest BCUT2D eigenvalue weighted by atomic mass is 9.85. The summed E-state index contributed by atoms with van der Waals surface area (Å²) in [6, 6.07) is 9.54. The van der Waals surface area contributed by atoms with Gasteiger partial charge in [-0.05, 0) is 68.6 Å². The summed E-state index contributed by atoms with van der Waals surface area (Å²) in [7, 11) is 2.14. The highest BCUT2D eigenvalue weighted by Crippen LogP contribution is 2.39. The van der Waals surface area contributed by atoms with Gasteiger partial charge in [-0.2, -0.15) is 0 Å². The fourth-order valence-electron chi connectivity index (χ4n) is 4.73. The van der Waals surface area contributed by atoms with Gasteiger partial charge < -0.3 is 20.1 Å². The molecule has 34 heavy (non-hydrogen) atoms. The average Bonchev–Trinajstić information content (AvgIpc) is 3.19. The number of aliphatic hydroxyl groups is 1. The minimum atomic E-state index is -0.257. The van der Waals surface area contributed by atoms with E-state index >= 15 is 0 Å². The Bertz CT molecular complexity index is 1180. The van der Waals surface area contributed by atoms with Crippen LogP contribution in [0.1, 0.15) is 37.4 Å². The molecule has 2 aliphatic rings. The molecule has 1 unspecified atom stereocenters. The Labute approximate surface area is 205 Å². The van der Waals surface area contributed by atoms with E-state index in [-0.39, 0.29) is 18.1 Å². The Balaban J connectivity index is 1.39. The third-order valence-corrected chi connectivity index (χ3v) is 7.22. The quantitative estimate of drug-likeness (QED) is 0.534. The van der Waals surface area contributed by atoms with E-state index in [2.05, 4.69) is 40.2 Å². The SMILES string of the molecule is CN1CCC(Oc2ccc(Cl)cc2Nc2nccc(-c3cnc4c(c3)C(C)(CO)CC4)n2)CC1. The zero-order chi connectivity index (χ0) is 23.7. The molecule has 178 valence electrons. The predicted molar refractivity (Wildman–Crippen MR) is 134 cm³/mol. The lowest BCUT2D eigenvalue weighted by Gasteiger charge is -2.30. The maximum absolute atomic E-state index is 9.93. The van der Waals surface area contributed by atoms with Gasteiger partial charge >= 0.3 is 0 Å². The van der Waals surface area contributed by atoms with Gasteiger partial charge in [-0.1, -0.05) is 18.5 Å². The van der Waals surface area contributed by atoms with E-state index in [9.17, 15) is 5.11 Å². The number of pyridine rings is 1. The first-order valence-corrected chi connectivity index (χ1v) is 12.2. The molecule has 1 aromatic carbocycles. The van der Waals surface area contributed by atoms with Gasteiger partial charge in [0.2, 0.25) is 5.95 Å². The number of anilines is 2. The lowest BCUT2D eigenvalue weighted by molar-refractivity contribution is 0.115. The maximum Gasteiger partial charge on any atom is 0.227 e. The van der Waals surface area contributed by atoms with E-state index in [1.165, 1.54) is 0 Å². The van der Waals surface area contributed by atoms with Crippen molar-refractivity contribution in [3.8, 4) is 17.0 Å². The monoisotopic (exact) mass is 479 g/mol. The van der Waals surface area contributed by atoms with E-state index in [1.807, 2.05) is 30.5 Å². The molecule has 0 bridgehead atoms. The molecular formula is C26H30ClN5O2. The first-order chi connectivity index (χ1) is 16.4. The molecule has 0 saturated carbocycles. The van der Waals surface area contributed by atoms with Gasteiger partial charge in [0.15, 0.2) is 0 Å². The molecule has 3 aromatic rings. The highest BCUT2D eigenvalue weighted by atomic mass is 35.5. The lowest BCUT2D eigenvalue weighted by Crippen LogP contribution is -2.35. The van der Waals surface area contributed by atoms with Crippen molar-refractivity contribution >= 4 is 23.2 Å². The maximum atomic E-state index is 9.93. The minimum absolute atomic E-state index is 0.108. The first kappa shape index (κ1) is 23.0. The van der Waals surface area contributed by atoms with Crippen LogP contribution in [0.5, 0.6) is 5.75 Å². The summed E-state index contributed by atoms with van der Waals surface area (Å²) in [6.45, 7) is 4.24. The van der Waals surface area contributed by atoms with Crippen LogP contribution in [0.2, 0.25) is 5.02 Å². The second-order valence-corrected chi connectivity index (χ2v) is 10.0. The molecule has 2 aromatic heterocycles. The molecule has 8 heteroatoms. The number of halogens is 1. The molecule has 2 N–H and O–H groups in total. The summed E-state index contributed by atoms with van der Waals surface area (Å²) in [5.41, 5.74) is 4.31. The summed E-state index contributed by atoms with van der Waals surface area (Å²) in [5.74, 6) is 1.20. The number of likely N-dealkylation sites (tertiary alicyclic amines) is 1. The standard InChI is InChI=1S/C26H30ClN5O2/c1-26(16-33)9-5-22-20(26)13-17(15-29-22)21-6-10-28-25(30-21)31-23-14-18(27)3-4-24(23)34-19-7-11-32(2)12-8-19/h3-4,6,10,13-15,19,33H,5,7-9,11-12,16H2,1-2H3,(H,28,30,31). The van der Waals surface area contributed by atoms with Gasteiger partial charge in [0.25, 0.3) is 0 Å². The van der Waals surface area contributed by atoms with E-state index in [0.717, 1.165) is 72.7 Å². The van der Waals surface area contributed by atoms with Crippen LogP contribution in [0.3, 0.4) is 0 Å². The summed E-state index contributed by atoms with van der Waals surface area (Å²) in [5, 5.41) is 13.8. The summed E-state index contributed by atoms with van der Waals surface area (Å²) < 4.78 is 6.33. The van der Waals surface area contributed by atoms with Crippen molar-refractivity contribution in [2.24, 2.45) is 0 Å². The number of rotatable bonds is 6. The number of aromatic nitrogens is 3. The third-order valence-electron chi connectivity index (χ3n) is 6.98. The molecule has 1 saturated heterocycles. The number of ether oxygens (including phenoxy) is 1. The normalized spacial score (nSPS) is 20.8. The minimum Gasteiger partial charge on any atom is -0.488 e. The number of fused-ring (bicyclic) bond motifs is 1. The van der Waals surface area contributed by atoms with Crippen molar-refractivity contribution in [3.63, 3.8) is 0 Å². The van der Waals surface area contributed by atoms with Crippen LogP contribution in [0.4, 0.5) is 11.6 Å². The highest BCUT2D eigenvalue weighted by Gasteiger charge is 2.35. The van der Waals surface area contributed by atoms with Gasteiger partial charge in [0, 0.05) is 47.2 Å². The Morgan fingerprint density at radius 2 is 2.03 bits per heavy atom. The number of benzene rings is 1. The van der Waals surface area contributed by atoms with Crippen LogP contribution in [0, 0.1) is 0 Å². The van der Waals surface area contributed by atoms with Crippen molar-refractivity contribution in [1.82, 2.24) is 19.9 Å². The molecule has 0 radical (unpaired) electrons. The van der Waals surface area contributed by atoms with Crippen molar-refractivity contribution in [3.05, 3.63) is 59.0 Å². The fraction of sp³-hybridized carbons (Fsp3) is 0.423. The van der Waals surface area contributed by atoms with Crippen molar-refractivity contribution in [1.29, 1.82) is 0 Å². The number of nitrogens with one attached hydrogen (secondary N) is 1. The van der Waals surface area contributed by atoms with E-state index in [1.54, 1.807) is 6.20 Å². The van der Waals surface area contributed by atoms with Crippen LogP contribution in [0.15, 0.2) is 42.7 Å². The first-order valence-electron chi connectivity index (χ1n) is 11.8. The van der Waals surface area contributed by atoms with E-state index in [4.69, 9.17) is 21.3 Å². The Morgan fingerprint density at radius 3 is 2.82 bits per heavy atom. The molecular weight excluding hydrogens is 450 g/mol. The highest BCUT2D eigenvalue weighted by molar-refractivity contribution is 6.31.